The van der Waals surface area contributed by atoms with Crippen molar-refractivity contribution in [3.8, 4) is 0 Å². The predicted molar refractivity (Wildman–Crippen MR) is 71.4 cm³/mol. The molecule has 1 heteroatoms. The van der Waals surface area contributed by atoms with E-state index in [-0.39, 0.29) is 0 Å². The molecule has 1 unspecified atom stereocenters. The van der Waals surface area contributed by atoms with Crippen LogP contribution in [0.4, 0.5) is 0 Å². The van der Waals surface area contributed by atoms with Crippen LogP contribution in [0.5, 0.6) is 0 Å². The van der Waals surface area contributed by atoms with Crippen molar-refractivity contribution in [2.75, 3.05) is 6.54 Å². The lowest BCUT2D eigenvalue weighted by atomic mass is 9.98. The Balaban J connectivity index is 2.13. The molecule has 0 aliphatic heterocycles. The number of benzene rings is 1. The monoisotopic (exact) mass is 217 g/mol. The number of nitrogens with one attached hydrogen (secondary N) is 1. The first-order valence-electron chi connectivity index (χ1n) is 6.22. The third-order valence-corrected chi connectivity index (χ3v) is 2.98. The third kappa shape index (κ3) is 5.13. The highest BCUT2D eigenvalue weighted by Gasteiger charge is 2.02. The van der Waals surface area contributed by atoms with Crippen LogP contribution in [0.2, 0.25) is 0 Å². The molecule has 1 aromatic carbocycles. The minimum absolute atomic E-state index is 0.792. The van der Waals surface area contributed by atoms with Crippen LogP contribution in [-0.2, 0) is 6.54 Å². The van der Waals surface area contributed by atoms with Gasteiger partial charge in [-0.2, -0.15) is 0 Å². The topological polar surface area (TPSA) is 12.0 Å². The van der Waals surface area contributed by atoms with Gasteiger partial charge in [0.15, 0.2) is 0 Å². The average Bonchev–Trinajstić information content (AvgIpc) is 2.34. The molecule has 1 nitrogen and oxygen atoms in total. The van der Waals surface area contributed by atoms with Crippen LogP contribution in [0, 0.1) is 5.92 Å². The molecule has 0 heterocycles. The molecule has 0 amide bonds. The smallest absolute Gasteiger partial charge is 0.0205 e. The van der Waals surface area contributed by atoms with E-state index in [1.807, 2.05) is 6.08 Å². The maximum Gasteiger partial charge on any atom is 0.0205 e. The first-order chi connectivity index (χ1) is 7.86. The Kier molecular flexibility index (Phi) is 6.59. The van der Waals surface area contributed by atoms with Crippen LogP contribution in [0.1, 0.15) is 31.7 Å². The van der Waals surface area contributed by atoms with Gasteiger partial charge in [0, 0.05) is 6.54 Å². The van der Waals surface area contributed by atoms with E-state index in [9.17, 15) is 0 Å². The van der Waals surface area contributed by atoms with Crippen LogP contribution < -0.4 is 5.32 Å². The molecule has 88 valence electrons. The summed E-state index contributed by atoms with van der Waals surface area (Å²) in [6.07, 6.45) is 5.67. The van der Waals surface area contributed by atoms with Gasteiger partial charge < -0.3 is 5.32 Å². The van der Waals surface area contributed by atoms with Crippen molar-refractivity contribution >= 4 is 0 Å². The summed E-state index contributed by atoms with van der Waals surface area (Å²) in [5, 5.41) is 3.49. The largest absolute Gasteiger partial charge is 0.313 e. The Morgan fingerprint density at radius 2 is 2.06 bits per heavy atom. The fraction of sp³-hybridized carbons (Fsp3) is 0.467. The zero-order valence-electron chi connectivity index (χ0n) is 10.3. The number of hydrogen-bond donors (Lipinski definition) is 1. The molecule has 1 aromatic rings. The molecule has 16 heavy (non-hydrogen) atoms. The lowest BCUT2D eigenvalue weighted by molar-refractivity contribution is 0.456. The zero-order chi connectivity index (χ0) is 11.6. The van der Waals surface area contributed by atoms with Gasteiger partial charge in [0.1, 0.15) is 0 Å². The normalized spacial score (nSPS) is 12.3. The molecule has 0 saturated carbocycles. The molecule has 1 N–H and O–H groups in total. The van der Waals surface area contributed by atoms with E-state index in [0.29, 0.717) is 0 Å². The minimum Gasteiger partial charge on any atom is -0.313 e. The van der Waals surface area contributed by atoms with Crippen molar-refractivity contribution in [1.82, 2.24) is 5.32 Å². The van der Waals surface area contributed by atoms with Gasteiger partial charge >= 0.3 is 0 Å². The lowest BCUT2D eigenvalue weighted by Gasteiger charge is -2.12. The van der Waals surface area contributed by atoms with Crippen molar-refractivity contribution in [2.45, 2.75) is 32.7 Å². The number of allylic oxidation sites excluding steroid dienone is 1. The molecule has 0 spiro atoms. The van der Waals surface area contributed by atoms with E-state index >= 15 is 0 Å². The quantitative estimate of drug-likeness (QED) is 0.516. The van der Waals surface area contributed by atoms with Crippen molar-refractivity contribution < 1.29 is 0 Å². The van der Waals surface area contributed by atoms with E-state index < -0.39 is 0 Å². The molecule has 1 atom stereocenters. The molecular weight excluding hydrogens is 194 g/mol. The van der Waals surface area contributed by atoms with Gasteiger partial charge in [-0.25, -0.2) is 0 Å². The molecule has 0 saturated heterocycles. The summed E-state index contributed by atoms with van der Waals surface area (Å²) in [5.41, 5.74) is 1.36. The number of rotatable bonds is 8. The maximum absolute atomic E-state index is 3.80. The van der Waals surface area contributed by atoms with E-state index in [4.69, 9.17) is 0 Å². The van der Waals surface area contributed by atoms with Gasteiger partial charge in [0.05, 0.1) is 0 Å². The van der Waals surface area contributed by atoms with Gasteiger partial charge in [-0.15, -0.1) is 6.58 Å². The second-order valence-electron chi connectivity index (χ2n) is 4.25. The van der Waals surface area contributed by atoms with E-state index in [0.717, 1.165) is 25.4 Å². The fourth-order valence-electron chi connectivity index (χ4n) is 1.86. The van der Waals surface area contributed by atoms with Crippen LogP contribution in [0.3, 0.4) is 0 Å². The summed E-state index contributed by atoms with van der Waals surface area (Å²) < 4.78 is 0. The van der Waals surface area contributed by atoms with E-state index in [2.05, 4.69) is 49.2 Å². The second kappa shape index (κ2) is 8.12. The molecule has 1 rings (SSSR count). The maximum atomic E-state index is 3.80. The summed E-state index contributed by atoms with van der Waals surface area (Å²) in [5.74, 6) is 0.792. The van der Waals surface area contributed by atoms with Crippen LogP contribution >= 0.6 is 0 Å². The summed E-state index contributed by atoms with van der Waals surface area (Å²) in [7, 11) is 0. The Hall–Kier alpha value is -1.08. The van der Waals surface area contributed by atoms with E-state index in [1.165, 1.54) is 18.4 Å². The first kappa shape index (κ1) is 13.0. The van der Waals surface area contributed by atoms with Crippen LogP contribution in [0.25, 0.3) is 0 Å². The summed E-state index contributed by atoms with van der Waals surface area (Å²) in [6, 6.07) is 10.6. The Labute approximate surface area is 99.6 Å². The van der Waals surface area contributed by atoms with Crippen molar-refractivity contribution in [3.05, 3.63) is 48.6 Å². The van der Waals surface area contributed by atoms with Crippen molar-refractivity contribution in [2.24, 2.45) is 5.92 Å². The van der Waals surface area contributed by atoms with Gasteiger partial charge in [-0.05, 0) is 30.9 Å². The Morgan fingerprint density at radius 3 is 2.69 bits per heavy atom. The van der Waals surface area contributed by atoms with E-state index in [1.54, 1.807) is 0 Å². The van der Waals surface area contributed by atoms with Gasteiger partial charge in [-0.1, -0.05) is 49.8 Å². The summed E-state index contributed by atoms with van der Waals surface area (Å²) in [6.45, 7) is 8.14. The highest BCUT2D eigenvalue weighted by molar-refractivity contribution is 5.14. The third-order valence-electron chi connectivity index (χ3n) is 2.98. The Morgan fingerprint density at radius 1 is 1.31 bits per heavy atom. The standard InChI is InChI=1S/C15H23N/c1-3-8-14(4-2)11-12-16-13-15-9-6-5-7-10-15/h3,5-7,9-10,14,16H,1,4,8,11-13H2,2H3. The second-order valence-corrected chi connectivity index (χ2v) is 4.25. The molecule has 0 aliphatic carbocycles. The predicted octanol–water partition coefficient (Wildman–Crippen LogP) is 3.77. The van der Waals surface area contributed by atoms with Gasteiger partial charge in [0.2, 0.25) is 0 Å². The van der Waals surface area contributed by atoms with Crippen LogP contribution in [-0.4, -0.2) is 6.54 Å². The average molecular weight is 217 g/mol. The molecule has 0 fully saturated rings. The lowest BCUT2D eigenvalue weighted by Crippen LogP contribution is -2.17. The number of hydrogen-bond acceptors (Lipinski definition) is 1. The van der Waals surface area contributed by atoms with Crippen LogP contribution in [0.15, 0.2) is 43.0 Å². The van der Waals surface area contributed by atoms with Gasteiger partial charge in [0.25, 0.3) is 0 Å². The fourth-order valence-corrected chi connectivity index (χ4v) is 1.86. The van der Waals surface area contributed by atoms with Crippen molar-refractivity contribution in [3.63, 3.8) is 0 Å². The van der Waals surface area contributed by atoms with Gasteiger partial charge in [-0.3, -0.25) is 0 Å². The summed E-state index contributed by atoms with van der Waals surface area (Å²) >= 11 is 0. The first-order valence-corrected chi connectivity index (χ1v) is 6.22. The molecule has 0 aliphatic rings. The zero-order valence-corrected chi connectivity index (χ0v) is 10.3. The SMILES string of the molecule is C=CCC(CC)CCNCc1ccccc1. The molecule has 0 radical (unpaired) electrons. The molecular formula is C15H23N. The molecule has 0 bridgehead atoms. The summed E-state index contributed by atoms with van der Waals surface area (Å²) in [4.78, 5) is 0. The Bertz CT molecular complexity index is 279. The highest BCUT2D eigenvalue weighted by atomic mass is 14.8. The minimum atomic E-state index is 0.792. The van der Waals surface area contributed by atoms with Crippen molar-refractivity contribution in [1.29, 1.82) is 0 Å². The highest BCUT2D eigenvalue weighted by Crippen LogP contribution is 2.12. The molecule has 0 aromatic heterocycles.